The first-order valence-electron chi connectivity index (χ1n) is 21.0. The number of amides is 4. The first-order chi connectivity index (χ1) is 30.6. The Labute approximate surface area is 367 Å². The molecular formula is C48H51N9O6. The van der Waals surface area contributed by atoms with E-state index in [-0.39, 0.29) is 29.8 Å². The number of imidazole rings is 2. The third-order valence-electron chi connectivity index (χ3n) is 11.4. The Morgan fingerprint density at radius 1 is 0.762 bits per heavy atom. The summed E-state index contributed by atoms with van der Waals surface area (Å²) >= 11 is 0. The summed E-state index contributed by atoms with van der Waals surface area (Å²) in [4.78, 5) is 73.6. The third kappa shape index (κ3) is 10.0. The second kappa shape index (κ2) is 19.9. The zero-order valence-electron chi connectivity index (χ0n) is 36.0. The normalized spacial score (nSPS) is 16.5. The number of rotatable bonds is 11. The SMILES string of the molecule is COC(=O)N[C@H](C(=O)N1CCC[C@H]1c1ncc(-c2ccc(C#CC#Cc3cnc([C@@H]4CCCN4C(=O)[C@H](NC(=O)OC)c4ccccc4)[nH]3)c(N(C)c3ccccc3)c2)[nH]1)C(C)C. The Balaban J connectivity index is 1.10. The average Bonchev–Trinajstić information content (AvgIpc) is 4.16. The van der Waals surface area contributed by atoms with Crippen molar-refractivity contribution in [2.45, 2.75) is 63.7 Å². The summed E-state index contributed by atoms with van der Waals surface area (Å²) in [5, 5.41) is 5.39. The fourth-order valence-electron chi connectivity index (χ4n) is 8.08. The number of alkyl carbamates (subject to hydrolysis) is 2. The van der Waals surface area contributed by atoms with E-state index in [0.717, 1.165) is 47.5 Å². The molecule has 3 aromatic carbocycles. The Kier molecular flexibility index (Phi) is 13.8. The Morgan fingerprint density at radius 2 is 1.37 bits per heavy atom. The molecule has 4 amide bonds. The average molecular weight is 850 g/mol. The molecule has 2 saturated heterocycles. The number of hydrogen-bond acceptors (Lipinski definition) is 9. The molecule has 15 heteroatoms. The molecule has 2 aliphatic rings. The molecule has 4 atom stereocenters. The zero-order chi connectivity index (χ0) is 44.5. The Hall–Kier alpha value is -7.52. The number of anilines is 2. The topological polar surface area (TPSA) is 178 Å². The van der Waals surface area contributed by atoms with Gasteiger partial charge in [0.1, 0.15) is 29.4 Å². The molecule has 324 valence electrons. The van der Waals surface area contributed by atoms with Crippen molar-refractivity contribution in [1.29, 1.82) is 0 Å². The highest BCUT2D eigenvalue weighted by Crippen LogP contribution is 2.36. The molecule has 4 N–H and O–H groups in total. The van der Waals surface area contributed by atoms with Gasteiger partial charge in [0.2, 0.25) is 5.91 Å². The third-order valence-corrected chi connectivity index (χ3v) is 11.4. The molecular weight excluding hydrogens is 799 g/mol. The van der Waals surface area contributed by atoms with E-state index < -0.39 is 24.3 Å². The quantitative estimate of drug-likeness (QED) is 0.104. The Bertz CT molecular complexity index is 2550. The van der Waals surface area contributed by atoms with Crippen LogP contribution in [0.3, 0.4) is 0 Å². The fourth-order valence-corrected chi connectivity index (χ4v) is 8.08. The molecule has 0 radical (unpaired) electrons. The molecule has 0 unspecified atom stereocenters. The number of likely N-dealkylation sites (tertiary alicyclic amines) is 2. The summed E-state index contributed by atoms with van der Waals surface area (Å²) < 4.78 is 9.61. The van der Waals surface area contributed by atoms with Crippen molar-refractivity contribution in [3.63, 3.8) is 0 Å². The molecule has 0 spiro atoms. The predicted molar refractivity (Wildman–Crippen MR) is 237 cm³/mol. The summed E-state index contributed by atoms with van der Waals surface area (Å²) in [5.41, 5.74) is 5.44. The summed E-state index contributed by atoms with van der Waals surface area (Å²) in [6.07, 6.45) is 5.11. The number of aromatic nitrogens is 4. The predicted octanol–water partition coefficient (Wildman–Crippen LogP) is 6.78. The van der Waals surface area contributed by atoms with Gasteiger partial charge >= 0.3 is 12.2 Å². The van der Waals surface area contributed by atoms with E-state index in [2.05, 4.69) is 54.2 Å². The first kappa shape index (κ1) is 43.6. The van der Waals surface area contributed by atoms with Crippen LogP contribution in [0.25, 0.3) is 11.3 Å². The molecule has 7 rings (SSSR count). The number of H-pyrrole nitrogens is 2. The van der Waals surface area contributed by atoms with Crippen LogP contribution in [0.15, 0.2) is 91.3 Å². The van der Waals surface area contributed by atoms with Crippen molar-refractivity contribution >= 4 is 35.4 Å². The van der Waals surface area contributed by atoms with Crippen LogP contribution in [0.4, 0.5) is 21.0 Å². The van der Waals surface area contributed by atoms with E-state index in [1.165, 1.54) is 14.2 Å². The summed E-state index contributed by atoms with van der Waals surface area (Å²) in [5.74, 6) is 13.0. The monoisotopic (exact) mass is 849 g/mol. The van der Waals surface area contributed by atoms with Gasteiger partial charge in [-0.2, -0.15) is 0 Å². The number of para-hydroxylation sites is 1. The minimum Gasteiger partial charge on any atom is -0.453 e. The Morgan fingerprint density at radius 3 is 2.03 bits per heavy atom. The number of nitrogens with zero attached hydrogens (tertiary/aromatic N) is 5. The molecule has 2 fully saturated rings. The number of ether oxygens (including phenoxy) is 2. The molecule has 5 aromatic rings. The maximum Gasteiger partial charge on any atom is 0.407 e. The number of carbonyl (C=O) groups excluding carboxylic acids is 4. The van der Waals surface area contributed by atoms with E-state index in [0.29, 0.717) is 42.4 Å². The number of hydrogen-bond donors (Lipinski definition) is 4. The van der Waals surface area contributed by atoms with Crippen LogP contribution in [0.1, 0.15) is 86.1 Å². The number of methoxy groups -OCH3 is 2. The van der Waals surface area contributed by atoms with Crippen molar-refractivity contribution in [2.24, 2.45) is 5.92 Å². The lowest BCUT2D eigenvalue weighted by Crippen LogP contribution is -2.51. The smallest absolute Gasteiger partial charge is 0.407 e. The second-order valence-electron chi connectivity index (χ2n) is 15.7. The van der Waals surface area contributed by atoms with Gasteiger partial charge in [0.05, 0.1) is 50.1 Å². The van der Waals surface area contributed by atoms with Crippen LogP contribution < -0.4 is 15.5 Å². The van der Waals surface area contributed by atoms with Gasteiger partial charge < -0.3 is 44.8 Å². The summed E-state index contributed by atoms with van der Waals surface area (Å²) in [6.45, 7) is 4.85. The molecule has 4 heterocycles. The van der Waals surface area contributed by atoms with Gasteiger partial charge in [-0.25, -0.2) is 19.6 Å². The molecule has 0 bridgehead atoms. The van der Waals surface area contributed by atoms with E-state index in [1.807, 2.05) is 87.6 Å². The summed E-state index contributed by atoms with van der Waals surface area (Å²) in [7, 11) is 4.53. The van der Waals surface area contributed by atoms with E-state index >= 15 is 0 Å². The molecule has 0 aliphatic carbocycles. The van der Waals surface area contributed by atoms with Gasteiger partial charge in [0, 0.05) is 37.0 Å². The van der Waals surface area contributed by atoms with Gasteiger partial charge in [-0.05, 0) is 79.2 Å². The molecule has 2 aliphatic heterocycles. The molecule has 0 saturated carbocycles. The highest BCUT2D eigenvalue weighted by atomic mass is 16.5. The number of benzene rings is 3. The first-order valence-corrected chi connectivity index (χ1v) is 21.0. The highest BCUT2D eigenvalue weighted by Gasteiger charge is 2.38. The number of aromatic amines is 2. The van der Waals surface area contributed by atoms with Crippen molar-refractivity contribution in [3.8, 4) is 34.9 Å². The van der Waals surface area contributed by atoms with E-state index in [4.69, 9.17) is 14.5 Å². The van der Waals surface area contributed by atoms with Crippen molar-refractivity contribution in [3.05, 3.63) is 120 Å². The minimum atomic E-state index is -0.914. The van der Waals surface area contributed by atoms with Crippen LogP contribution >= 0.6 is 0 Å². The summed E-state index contributed by atoms with van der Waals surface area (Å²) in [6, 6.07) is 22.8. The lowest BCUT2D eigenvalue weighted by atomic mass is 10.0. The lowest BCUT2D eigenvalue weighted by Gasteiger charge is -2.30. The second-order valence-corrected chi connectivity index (χ2v) is 15.7. The van der Waals surface area contributed by atoms with Crippen LogP contribution in [0.2, 0.25) is 0 Å². The maximum atomic E-state index is 13.9. The highest BCUT2D eigenvalue weighted by molar-refractivity contribution is 5.88. The van der Waals surface area contributed by atoms with Gasteiger partial charge in [-0.15, -0.1) is 0 Å². The minimum absolute atomic E-state index is 0.137. The fraction of sp³-hybridized carbons (Fsp3) is 0.333. The van der Waals surface area contributed by atoms with Crippen LogP contribution in [0.5, 0.6) is 0 Å². The number of nitrogens with one attached hydrogen (secondary N) is 4. The molecule has 63 heavy (non-hydrogen) atoms. The number of carbonyl (C=O) groups is 4. The van der Waals surface area contributed by atoms with Crippen LogP contribution in [-0.2, 0) is 19.1 Å². The molecule has 2 aromatic heterocycles. The van der Waals surface area contributed by atoms with Crippen molar-refractivity contribution < 1.29 is 28.7 Å². The van der Waals surface area contributed by atoms with Gasteiger partial charge in [0.25, 0.3) is 5.91 Å². The largest absolute Gasteiger partial charge is 0.453 e. The lowest BCUT2D eigenvalue weighted by molar-refractivity contribution is -0.135. The van der Waals surface area contributed by atoms with Crippen LogP contribution in [-0.4, -0.2) is 94.1 Å². The van der Waals surface area contributed by atoms with Crippen molar-refractivity contribution in [1.82, 2.24) is 40.4 Å². The van der Waals surface area contributed by atoms with Crippen LogP contribution in [0, 0.1) is 29.6 Å². The standard InChI is InChI=1S/C48H51N9O6/c1-31(2)41(53-47(60)62-4)45(58)56-26-15-23-39(56)44-50-30-37(52-44)34-25-24-32(40(28-34)55(3)36-20-10-7-11-21-36)16-12-13-19-35-29-49-43(51-35)38-22-14-27-57(38)46(59)42(54-48(61)63-5)33-17-8-6-9-18-33/h6-11,17-18,20-21,24-25,28-31,38-39,41-42H,14-15,22-23,26-27H2,1-5H3,(H,49,51)(H,50,52)(H,53,60)(H,54,61)/t38-,39-,41-,42+/m0/s1. The van der Waals surface area contributed by atoms with Gasteiger partial charge in [0.15, 0.2) is 0 Å². The van der Waals surface area contributed by atoms with E-state index in [1.54, 1.807) is 34.3 Å². The van der Waals surface area contributed by atoms with Crippen molar-refractivity contribution in [2.75, 3.05) is 39.3 Å². The van der Waals surface area contributed by atoms with E-state index in [9.17, 15) is 19.2 Å². The molecule has 15 nitrogen and oxygen atoms in total. The van der Waals surface area contributed by atoms with Gasteiger partial charge in [-0.1, -0.05) is 74.4 Å². The van der Waals surface area contributed by atoms with Gasteiger partial charge in [-0.3, -0.25) is 9.59 Å². The zero-order valence-corrected chi connectivity index (χ0v) is 36.0. The maximum absolute atomic E-state index is 13.9.